The summed E-state index contributed by atoms with van der Waals surface area (Å²) < 4.78 is 6.10. The molecule has 1 amide bonds. The van der Waals surface area contributed by atoms with Crippen molar-refractivity contribution in [1.82, 2.24) is 0 Å². The molecule has 3 aliphatic rings. The molecule has 2 bridgehead atoms. The molecular weight excluding hydrogens is 306 g/mol. The molecule has 5 nitrogen and oxygen atoms in total. The Morgan fingerprint density at radius 3 is 2.71 bits per heavy atom. The fourth-order valence-electron chi connectivity index (χ4n) is 4.41. The van der Waals surface area contributed by atoms with Gasteiger partial charge in [-0.3, -0.25) is 9.59 Å². The number of carboxylic acid groups (broad SMARTS) is 1. The van der Waals surface area contributed by atoms with E-state index in [2.05, 4.69) is 6.58 Å². The maximum Gasteiger partial charge on any atom is 0.310 e. The molecule has 2 saturated heterocycles. The van der Waals surface area contributed by atoms with E-state index in [1.807, 2.05) is 43.3 Å². The summed E-state index contributed by atoms with van der Waals surface area (Å²) in [5.41, 5.74) is 0.824. The molecule has 1 aromatic carbocycles. The number of nitrogens with zero attached hydrogens (tertiary/aromatic N) is 1. The Kier molecular flexibility index (Phi) is 3.18. The molecule has 124 valence electrons. The molecule has 0 saturated carbocycles. The van der Waals surface area contributed by atoms with E-state index in [1.165, 1.54) is 0 Å². The monoisotopic (exact) mass is 325 g/mol. The standard InChI is InChI=1S/C19H19NO4/c1-11(2)10-14-19-9-8-13(24-19)15(18(22)23)16(19)17(21)20(14)12-6-4-3-5-7-12/h3-9,13-16H,1,10H2,2H3,(H,22,23)/t13-,14+,15+,16-,19+/m0/s1. The normalized spacial score (nSPS) is 36.2. The molecule has 3 aliphatic heterocycles. The van der Waals surface area contributed by atoms with Gasteiger partial charge in [-0.2, -0.15) is 0 Å². The van der Waals surface area contributed by atoms with Crippen LogP contribution >= 0.6 is 0 Å². The summed E-state index contributed by atoms with van der Waals surface area (Å²) in [5.74, 6) is -2.67. The summed E-state index contributed by atoms with van der Waals surface area (Å²) >= 11 is 0. The van der Waals surface area contributed by atoms with Gasteiger partial charge in [0, 0.05) is 5.69 Å². The molecule has 0 aromatic heterocycles. The molecule has 0 aliphatic carbocycles. The fraction of sp³-hybridized carbons (Fsp3) is 0.368. The zero-order valence-corrected chi connectivity index (χ0v) is 13.4. The number of carbonyl (C=O) groups is 2. The minimum atomic E-state index is -0.978. The highest BCUT2D eigenvalue weighted by Gasteiger charge is 2.71. The number of aliphatic carboxylic acids is 1. The number of ether oxygens (including phenoxy) is 1. The molecule has 4 rings (SSSR count). The van der Waals surface area contributed by atoms with E-state index in [0.717, 1.165) is 11.3 Å². The molecule has 1 N–H and O–H groups in total. The zero-order valence-electron chi connectivity index (χ0n) is 13.4. The zero-order chi connectivity index (χ0) is 17.1. The highest BCUT2D eigenvalue weighted by molar-refractivity contribution is 6.03. The molecule has 1 aromatic rings. The predicted molar refractivity (Wildman–Crippen MR) is 88.5 cm³/mol. The molecule has 1 spiro atoms. The second-order valence-electron chi connectivity index (χ2n) is 6.86. The van der Waals surface area contributed by atoms with Crippen molar-refractivity contribution in [2.45, 2.75) is 31.1 Å². The van der Waals surface area contributed by atoms with E-state index in [9.17, 15) is 14.7 Å². The lowest BCUT2D eigenvalue weighted by molar-refractivity contribution is -0.146. The second kappa shape index (κ2) is 5.05. The third-order valence-electron chi connectivity index (χ3n) is 5.28. The van der Waals surface area contributed by atoms with E-state index in [1.54, 1.807) is 11.0 Å². The lowest BCUT2D eigenvalue weighted by atomic mass is 9.74. The van der Waals surface area contributed by atoms with Gasteiger partial charge in [-0.05, 0) is 25.5 Å². The third-order valence-corrected chi connectivity index (χ3v) is 5.28. The van der Waals surface area contributed by atoms with Crippen LogP contribution in [-0.2, 0) is 14.3 Å². The topological polar surface area (TPSA) is 66.8 Å². The Hall–Kier alpha value is -2.40. The first-order chi connectivity index (χ1) is 11.5. The fourth-order valence-corrected chi connectivity index (χ4v) is 4.41. The number of amides is 1. The summed E-state index contributed by atoms with van der Waals surface area (Å²) in [5, 5.41) is 9.62. The highest BCUT2D eigenvalue weighted by Crippen LogP contribution is 2.56. The van der Waals surface area contributed by atoms with Crippen LogP contribution in [0.2, 0.25) is 0 Å². The van der Waals surface area contributed by atoms with Gasteiger partial charge in [-0.15, -0.1) is 6.58 Å². The lowest BCUT2D eigenvalue weighted by Gasteiger charge is -2.33. The smallest absolute Gasteiger partial charge is 0.310 e. The number of para-hydroxylation sites is 1. The van der Waals surface area contributed by atoms with Crippen molar-refractivity contribution in [3.05, 3.63) is 54.6 Å². The van der Waals surface area contributed by atoms with Crippen molar-refractivity contribution in [1.29, 1.82) is 0 Å². The first-order valence-electron chi connectivity index (χ1n) is 8.08. The summed E-state index contributed by atoms with van der Waals surface area (Å²) in [6.45, 7) is 5.90. The maximum atomic E-state index is 13.2. The van der Waals surface area contributed by atoms with E-state index >= 15 is 0 Å². The van der Waals surface area contributed by atoms with Crippen LogP contribution < -0.4 is 4.90 Å². The Bertz CT molecular complexity index is 756. The number of fused-ring (bicyclic) bond motifs is 1. The predicted octanol–water partition coefficient (Wildman–Crippen LogP) is 2.39. The van der Waals surface area contributed by atoms with Gasteiger partial charge < -0.3 is 14.7 Å². The van der Waals surface area contributed by atoms with Crippen LogP contribution in [0.1, 0.15) is 13.3 Å². The van der Waals surface area contributed by atoms with Crippen LogP contribution in [0.25, 0.3) is 0 Å². The summed E-state index contributed by atoms with van der Waals surface area (Å²) in [7, 11) is 0. The van der Waals surface area contributed by atoms with Crippen molar-refractivity contribution in [3.8, 4) is 0 Å². The van der Waals surface area contributed by atoms with Gasteiger partial charge in [0.05, 0.1) is 18.1 Å². The van der Waals surface area contributed by atoms with Gasteiger partial charge in [-0.25, -0.2) is 0 Å². The Balaban J connectivity index is 1.85. The minimum absolute atomic E-state index is 0.174. The Morgan fingerprint density at radius 1 is 1.38 bits per heavy atom. The van der Waals surface area contributed by atoms with Crippen LogP contribution in [0, 0.1) is 11.8 Å². The van der Waals surface area contributed by atoms with Crippen LogP contribution in [0.5, 0.6) is 0 Å². The third kappa shape index (κ3) is 1.85. The van der Waals surface area contributed by atoms with Gasteiger partial charge in [0.15, 0.2) is 0 Å². The molecule has 0 unspecified atom stereocenters. The van der Waals surface area contributed by atoms with Gasteiger partial charge in [0.25, 0.3) is 0 Å². The maximum absolute atomic E-state index is 13.2. The van der Waals surface area contributed by atoms with Crippen molar-refractivity contribution >= 4 is 17.6 Å². The van der Waals surface area contributed by atoms with Crippen LogP contribution in [0.4, 0.5) is 5.69 Å². The number of anilines is 1. The van der Waals surface area contributed by atoms with E-state index in [-0.39, 0.29) is 11.9 Å². The van der Waals surface area contributed by atoms with Crippen molar-refractivity contribution < 1.29 is 19.4 Å². The summed E-state index contributed by atoms with van der Waals surface area (Å²) in [4.78, 5) is 26.7. The van der Waals surface area contributed by atoms with Crippen LogP contribution in [0.3, 0.4) is 0 Å². The van der Waals surface area contributed by atoms with Crippen LogP contribution in [-0.4, -0.2) is 34.7 Å². The first-order valence-corrected chi connectivity index (χ1v) is 8.08. The van der Waals surface area contributed by atoms with E-state index in [4.69, 9.17) is 4.74 Å². The average molecular weight is 325 g/mol. The average Bonchev–Trinajstić information content (AvgIpc) is 3.17. The molecule has 5 heteroatoms. The highest BCUT2D eigenvalue weighted by atomic mass is 16.5. The van der Waals surface area contributed by atoms with E-state index in [0.29, 0.717) is 6.42 Å². The molecule has 5 atom stereocenters. The van der Waals surface area contributed by atoms with Gasteiger partial charge >= 0.3 is 5.97 Å². The number of hydrogen-bond donors (Lipinski definition) is 1. The minimum Gasteiger partial charge on any atom is -0.481 e. The van der Waals surface area contributed by atoms with Crippen molar-refractivity contribution in [3.63, 3.8) is 0 Å². The lowest BCUT2D eigenvalue weighted by Crippen LogP contribution is -2.45. The van der Waals surface area contributed by atoms with Crippen molar-refractivity contribution in [2.75, 3.05) is 4.90 Å². The quantitative estimate of drug-likeness (QED) is 0.863. The largest absolute Gasteiger partial charge is 0.481 e. The summed E-state index contributed by atoms with van der Waals surface area (Å²) in [6, 6.07) is 9.09. The number of rotatable bonds is 4. The molecule has 0 radical (unpaired) electrons. The molecule has 24 heavy (non-hydrogen) atoms. The van der Waals surface area contributed by atoms with Crippen LogP contribution in [0.15, 0.2) is 54.6 Å². The van der Waals surface area contributed by atoms with Gasteiger partial charge in [0.2, 0.25) is 5.91 Å². The molecular formula is C19H19NO4. The Labute approximate surface area is 140 Å². The molecule has 3 heterocycles. The van der Waals surface area contributed by atoms with E-state index < -0.39 is 29.5 Å². The van der Waals surface area contributed by atoms with Gasteiger partial charge in [0.1, 0.15) is 11.5 Å². The van der Waals surface area contributed by atoms with Gasteiger partial charge in [-0.1, -0.05) is 35.9 Å². The first kappa shape index (κ1) is 15.1. The number of carboxylic acids is 1. The number of carbonyl (C=O) groups excluding carboxylic acids is 1. The molecule has 2 fully saturated rings. The van der Waals surface area contributed by atoms with Crippen molar-refractivity contribution in [2.24, 2.45) is 11.8 Å². The SMILES string of the molecule is C=C(C)C[C@H]1N(c2ccccc2)C(=O)[C@@H]2[C@H](C(=O)O)[C@@H]3C=C[C@]21O3. The summed E-state index contributed by atoms with van der Waals surface area (Å²) in [6.07, 6.45) is 3.74. The second-order valence-corrected chi connectivity index (χ2v) is 6.86. The Morgan fingerprint density at radius 2 is 2.08 bits per heavy atom. The number of hydrogen-bond acceptors (Lipinski definition) is 3. The number of benzene rings is 1.